The summed E-state index contributed by atoms with van der Waals surface area (Å²) in [5, 5.41) is 15.3. The molecule has 1 fully saturated rings. The van der Waals surface area contributed by atoms with Crippen molar-refractivity contribution in [3.8, 4) is 11.5 Å². The molecule has 0 spiro atoms. The maximum absolute atomic E-state index is 13.4. The lowest BCUT2D eigenvalue weighted by Crippen LogP contribution is -3.05. The highest BCUT2D eigenvalue weighted by atomic mass is 32.1. The molecule has 3 heterocycles. The number of likely N-dealkylation sites (tertiary alicyclic amines) is 1. The quantitative estimate of drug-likeness (QED) is 0.406. The van der Waals surface area contributed by atoms with Gasteiger partial charge >= 0.3 is 0 Å². The van der Waals surface area contributed by atoms with Gasteiger partial charge in [-0.05, 0) is 29.1 Å². The van der Waals surface area contributed by atoms with Gasteiger partial charge in [0, 0.05) is 23.4 Å². The van der Waals surface area contributed by atoms with Gasteiger partial charge in [0.25, 0.3) is 5.91 Å². The van der Waals surface area contributed by atoms with E-state index in [9.17, 15) is 14.7 Å². The Bertz CT molecular complexity index is 983. The summed E-state index contributed by atoms with van der Waals surface area (Å²) in [6, 6.07) is 7.95. The molecular weight excluding hydrogens is 404 g/mol. The van der Waals surface area contributed by atoms with Crippen LogP contribution in [0.5, 0.6) is 11.5 Å². The molecule has 7 nitrogen and oxygen atoms in total. The maximum atomic E-state index is 13.4. The van der Waals surface area contributed by atoms with E-state index < -0.39 is 23.5 Å². The molecule has 1 aromatic carbocycles. The minimum atomic E-state index is -0.717. The van der Waals surface area contributed by atoms with Gasteiger partial charge in [-0.2, -0.15) is 0 Å². The Labute approximate surface area is 179 Å². The number of carbonyl (C=O) groups excluding carboxylic acids is 2. The number of ether oxygens (including phenoxy) is 2. The van der Waals surface area contributed by atoms with Crippen molar-refractivity contribution in [1.82, 2.24) is 4.90 Å². The van der Waals surface area contributed by atoms with Crippen LogP contribution >= 0.6 is 11.3 Å². The second kappa shape index (κ2) is 8.49. The number of hydrogen-bond acceptors (Lipinski definition) is 6. The zero-order chi connectivity index (χ0) is 21.3. The highest BCUT2D eigenvalue weighted by molar-refractivity contribution is 7.10. The lowest BCUT2D eigenvalue weighted by Gasteiger charge is -2.27. The van der Waals surface area contributed by atoms with E-state index in [4.69, 9.17) is 9.47 Å². The van der Waals surface area contributed by atoms with E-state index in [-0.39, 0.29) is 5.57 Å². The highest BCUT2D eigenvalue weighted by Crippen LogP contribution is 2.41. The standard InChI is InChI=1S/C22H24N2O5S/c1-23(2)8-4-9-24-19(17-5-3-12-30-17)18(21(26)22(24)27)20(25)14-6-7-15-16(13-14)29-11-10-28-15/h3,5-7,12-13,19,25H,4,8-11H2,1-2H3. The number of hydrogen-bond donors (Lipinski definition) is 1. The first-order valence-electron chi connectivity index (χ1n) is 9.96. The summed E-state index contributed by atoms with van der Waals surface area (Å²) in [5.41, 5.74) is 0.327. The molecule has 8 heteroatoms. The van der Waals surface area contributed by atoms with Crippen molar-refractivity contribution in [1.29, 1.82) is 0 Å². The number of rotatable bonds is 6. The molecule has 1 amide bonds. The Hall–Kier alpha value is -2.84. The largest absolute Gasteiger partial charge is 0.872 e. The Kier molecular flexibility index (Phi) is 5.78. The summed E-state index contributed by atoms with van der Waals surface area (Å²) in [5.74, 6) is -0.722. The van der Waals surface area contributed by atoms with Crippen LogP contribution in [0.25, 0.3) is 5.76 Å². The predicted octanol–water partition coefficient (Wildman–Crippen LogP) is 0.278. The Morgan fingerprint density at radius 1 is 1.20 bits per heavy atom. The van der Waals surface area contributed by atoms with Gasteiger partial charge in [0.05, 0.1) is 26.7 Å². The van der Waals surface area contributed by atoms with Crippen LogP contribution in [-0.4, -0.2) is 57.0 Å². The molecule has 2 aliphatic heterocycles. The van der Waals surface area contributed by atoms with Gasteiger partial charge in [-0.25, -0.2) is 0 Å². The number of amides is 1. The molecule has 0 saturated carbocycles. The van der Waals surface area contributed by atoms with Crippen LogP contribution in [0, 0.1) is 0 Å². The van der Waals surface area contributed by atoms with Gasteiger partial charge in [0.1, 0.15) is 13.2 Å². The molecule has 0 radical (unpaired) electrons. The number of thiophene rings is 1. The molecule has 2 aromatic rings. The number of quaternary nitrogens is 1. The van der Waals surface area contributed by atoms with Crippen LogP contribution in [0.2, 0.25) is 0 Å². The average Bonchev–Trinajstić information content (AvgIpc) is 3.35. The van der Waals surface area contributed by atoms with Crippen LogP contribution < -0.4 is 19.5 Å². The van der Waals surface area contributed by atoms with E-state index in [0.717, 1.165) is 17.8 Å². The fraction of sp³-hybridized carbons (Fsp3) is 0.364. The zero-order valence-electron chi connectivity index (χ0n) is 17.0. The number of fused-ring (bicyclic) bond motifs is 1. The first-order chi connectivity index (χ1) is 14.5. The molecule has 1 atom stereocenters. The minimum absolute atomic E-state index is 0.0105. The molecule has 1 aromatic heterocycles. The molecule has 4 rings (SSSR count). The van der Waals surface area contributed by atoms with Crippen molar-refractivity contribution in [3.05, 3.63) is 51.7 Å². The average molecular weight is 429 g/mol. The molecule has 30 heavy (non-hydrogen) atoms. The Morgan fingerprint density at radius 3 is 2.67 bits per heavy atom. The van der Waals surface area contributed by atoms with Crippen molar-refractivity contribution in [3.63, 3.8) is 0 Å². The first-order valence-corrected chi connectivity index (χ1v) is 10.8. The van der Waals surface area contributed by atoms with Gasteiger partial charge in [0.2, 0.25) is 5.78 Å². The van der Waals surface area contributed by atoms with Gasteiger partial charge < -0.3 is 24.4 Å². The fourth-order valence-electron chi connectivity index (χ4n) is 3.79. The number of nitrogens with one attached hydrogen (secondary N) is 1. The Balaban J connectivity index is 1.74. The van der Waals surface area contributed by atoms with E-state index in [1.54, 1.807) is 23.1 Å². The smallest absolute Gasteiger partial charge is 0.295 e. The van der Waals surface area contributed by atoms with Crippen molar-refractivity contribution in [2.45, 2.75) is 12.5 Å². The monoisotopic (exact) mass is 428 g/mol. The van der Waals surface area contributed by atoms with Crippen LogP contribution in [0.15, 0.2) is 41.3 Å². The van der Waals surface area contributed by atoms with Crippen molar-refractivity contribution in [2.75, 3.05) is 40.4 Å². The first kappa shape index (κ1) is 20.4. The SMILES string of the molecule is C[NH+](C)CCCN1C(=O)C(=O)C(=C([O-])c2ccc3c(c2)OCCO3)C1c1cccs1. The molecule has 0 bridgehead atoms. The fourth-order valence-corrected chi connectivity index (χ4v) is 4.63. The highest BCUT2D eigenvalue weighted by Gasteiger charge is 2.44. The molecule has 158 valence electrons. The van der Waals surface area contributed by atoms with Gasteiger partial charge in [-0.15, -0.1) is 11.3 Å². The topological polar surface area (TPSA) is 83.3 Å². The summed E-state index contributed by atoms with van der Waals surface area (Å²) in [7, 11) is 4.08. The number of Topliss-reactive ketones (excluding diaryl/α,β-unsaturated/α-hetero) is 1. The number of nitrogens with zero attached hydrogens (tertiary/aromatic N) is 1. The van der Waals surface area contributed by atoms with E-state index in [1.165, 1.54) is 16.2 Å². The van der Waals surface area contributed by atoms with E-state index >= 15 is 0 Å². The molecule has 0 aliphatic carbocycles. The zero-order valence-corrected chi connectivity index (χ0v) is 17.8. The van der Waals surface area contributed by atoms with Crippen molar-refractivity contribution in [2.24, 2.45) is 0 Å². The van der Waals surface area contributed by atoms with E-state index in [2.05, 4.69) is 0 Å². The van der Waals surface area contributed by atoms with Gasteiger partial charge in [-0.3, -0.25) is 9.59 Å². The molecule has 1 saturated heterocycles. The lowest BCUT2D eigenvalue weighted by molar-refractivity contribution is -0.858. The van der Waals surface area contributed by atoms with E-state index in [0.29, 0.717) is 36.8 Å². The minimum Gasteiger partial charge on any atom is -0.872 e. The maximum Gasteiger partial charge on any atom is 0.295 e. The van der Waals surface area contributed by atoms with Crippen LogP contribution in [0.1, 0.15) is 22.9 Å². The lowest BCUT2D eigenvalue weighted by atomic mass is 9.99. The number of carbonyl (C=O) groups is 2. The molecule has 2 aliphatic rings. The van der Waals surface area contributed by atoms with Crippen molar-refractivity contribution < 1.29 is 29.1 Å². The number of ketones is 1. The van der Waals surface area contributed by atoms with Crippen LogP contribution in [-0.2, 0) is 9.59 Å². The normalized spacial score (nSPS) is 20.2. The molecule has 1 unspecified atom stereocenters. The number of benzene rings is 1. The summed E-state index contributed by atoms with van der Waals surface area (Å²) in [6.07, 6.45) is 0.745. The van der Waals surface area contributed by atoms with E-state index in [1.807, 2.05) is 31.6 Å². The summed E-state index contributed by atoms with van der Waals surface area (Å²) >= 11 is 1.44. The second-order valence-corrected chi connectivity index (χ2v) is 8.64. The van der Waals surface area contributed by atoms with Crippen LogP contribution in [0.3, 0.4) is 0 Å². The molecular formula is C22H24N2O5S. The third kappa shape index (κ3) is 3.80. The second-order valence-electron chi connectivity index (χ2n) is 7.66. The Morgan fingerprint density at radius 2 is 1.97 bits per heavy atom. The summed E-state index contributed by atoms with van der Waals surface area (Å²) < 4.78 is 11.1. The third-order valence-electron chi connectivity index (χ3n) is 5.22. The summed E-state index contributed by atoms with van der Waals surface area (Å²) in [4.78, 5) is 29.4. The third-order valence-corrected chi connectivity index (χ3v) is 6.15. The van der Waals surface area contributed by atoms with Crippen LogP contribution in [0.4, 0.5) is 0 Å². The van der Waals surface area contributed by atoms with Gasteiger partial charge in [0.15, 0.2) is 11.5 Å². The van der Waals surface area contributed by atoms with Crippen molar-refractivity contribution >= 4 is 28.8 Å². The predicted molar refractivity (Wildman–Crippen MR) is 110 cm³/mol. The van der Waals surface area contributed by atoms with Gasteiger partial charge in [-0.1, -0.05) is 17.9 Å². The molecule has 1 N–H and O–H groups in total. The summed E-state index contributed by atoms with van der Waals surface area (Å²) in [6.45, 7) is 2.14.